The smallest absolute Gasteiger partial charge is 0.340 e. The zero-order chi connectivity index (χ0) is 9.84. The van der Waals surface area contributed by atoms with Crippen molar-refractivity contribution in [3.8, 4) is 0 Å². The molecule has 1 rings (SSSR count). The summed E-state index contributed by atoms with van der Waals surface area (Å²) in [6, 6.07) is 0. The number of halogens is 1. The lowest BCUT2D eigenvalue weighted by Crippen LogP contribution is -2.08. The van der Waals surface area contributed by atoms with Crippen LogP contribution in [0.25, 0.3) is 0 Å². The van der Waals surface area contributed by atoms with Crippen LogP contribution < -0.4 is 0 Å². The SMILES string of the molecule is COCCn1ncc(C(=O)O)c1I. The topological polar surface area (TPSA) is 64.4 Å². The van der Waals surface area contributed by atoms with Crippen molar-refractivity contribution < 1.29 is 14.6 Å². The Morgan fingerprint density at radius 1 is 1.85 bits per heavy atom. The highest BCUT2D eigenvalue weighted by Crippen LogP contribution is 2.11. The molecule has 0 radical (unpaired) electrons. The van der Waals surface area contributed by atoms with Crippen molar-refractivity contribution in [1.82, 2.24) is 9.78 Å². The second-order valence-corrected chi connectivity index (χ2v) is 3.39. The van der Waals surface area contributed by atoms with Gasteiger partial charge in [-0.3, -0.25) is 4.68 Å². The minimum absolute atomic E-state index is 0.233. The molecule has 5 nitrogen and oxygen atoms in total. The van der Waals surface area contributed by atoms with E-state index in [1.807, 2.05) is 22.6 Å². The van der Waals surface area contributed by atoms with Gasteiger partial charge in [0.15, 0.2) is 0 Å². The van der Waals surface area contributed by atoms with E-state index in [1.54, 1.807) is 11.8 Å². The number of rotatable bonds is 4. The number of carboxylic acids is 1. The number of aromatic nitrogens is 2. The largest absolute Gasteiger partial charge is 0.478 e. The Labute approximate surface area is 88.8 Å². The molecule has 1 aromatic rings. The van der Waals surface area contributed by atoms with Gasteiger partial charge in [0.1, 0.15) is 9.26 Å². The predicted molar refractivity (Wildman–Crippen MR) is 53.8 cm³/mol. The van der Waals surface area contributed by atoms with Crippen molar-refractivity contribution in [2.75, 3.05) is 13.7 Å². The fourth-order valence-electron chi connectivity index (χ4n) is 0.848. The first-order valence-electron chi connectivity index (χ1n) is 3.60. The zero-order valence-corrected chi connectivity index (χ0v) is 9.19. The Hall–Kier alpha value is -0.630. The van der Waals surface area contributed by atoms with Gasteiger partial charge < -0.3 is 9.84 Å². The lowest BCUT2D eigenvalue weighted by molar-refractivity contribution is 0.0695. The van der Waals surface area contributed by atoms with Crippen LogP contribution in [0.2, 0.25) is 0 Å². The van der Waals surface area contributed by atoms with Gasteiger partial charge in [0.05, 0.1) is 19.3 Å². The van der Waals surface area contributed by atoms with Crippen molar-refractivity contribution in [3.05, 3.63) is 15.5 Å². The summed E-state index contributed by atoms with van der Waals surface area (Å²) in [5, 5.41) is 12.6. The molecule has 0 amide bonds. The van der Waals surface area contributed by atoms with E-state index in [0.717, 1.165) is 0 Å². The van der Waals surface area contributed by atoms with Gasteiger partial charge >= 0.3 is 5.97 Å². The molecule has 0 atom stereocenters. The lowest BCUT2D eigenvalue weighted by Gasteiger charge is -2.01. The molecule has 0 spiro atoms. The van der Waals surface area contributed by atoms with Gasteiger partial charge in [0, 0.05) is 7.11 Å². The molecule has 1 aromatic heterocycles. The first kappa shape index (κ1) is 10.5. The van der Waals surface area contributed by atoms with Crippen molar-refractivity contribution >= 4 is 28.6 Å². The quantitative estimate of drug-likeness (QED) is 0.836. The zero-order valence-electron chi connectivity index (χ0n) is 7.03. The summed E-state index contributed by atoms with van der Waals surface area (Å²) >= 11 is 1.96. The van der Waals surface area contributed by atoms with Crippen molar-refractivity contribution in [1.29, 1.82) is 0 Å². The molecule has 0 unspecified atom stereocenters. The number of nitrogens with zero attached hydrogens (tertiary/aromatic N) is 2. The number of methoxy groups -OCH3 is 1. The van der Waals surface area contributed by atoms with Crippen molar-refractivity contribution in [3.63, 3.8) is 0 Å². The fourth-order valence-corrected chi connectivity index (χ4v) is 1.58. The molecular weight excluding hydrogens is 287 g/mol. The van der Waals surface area contributed by atoms with Gasteiger partial charge in [-0.1, -0.05) is 0 Å². The molecule has 6 heteroatoms. The summed E-state index contributed by atoms with van der Waals surface area (Å²) in [7, 11) is 1.59. The number of ether oxygens (including phenoxy) is 1. The van der Waals surface area contributed by atoms with Crippen LogP contribution in [0.4, 0.5) is 0 Å². The Kier molecular flexibility index (Phi) is 3.67. The highest BCUT2D eigenvalue weighted by Gasteiger charge is 2.13. The number of hydrogen-bond donors (Lipinski definition) is 1. The molecular formula is C7H9IN2O3. The molecule has 0 saturated heterocycles. The number of carbonyl (C=O) groups is 1. The van der Waals surface area contributed by atoms with E-state index in [0.29, 0.717) is 16.9 Å². The third-order valence-electron chi connectivity index (χ3n) is 1.51. The average Bonchev–Trinajstić information content (AvgIpc) is 2.43. The fraction of sp³-hybridized carbons (Fsp3) is 0.429. The molecule has 0 saturated carbocycles. The first-order valence-corrected chi connectivity index (χ1v) is 4.68. The molecule has 0 aliphatic carbocycles. The molecule has 0 aromatic carbocycles. The van der Waals surface area contributed by atoms with Crippen LogP contribution in [-0.2, 0) is 11.3 Å². The van der Waals surface area contributed by atoms with Crippen LogP contribution in [0.3, 0.4) is 0 Å². The Bertz CT molecular complexity index is 311. The van der Waals surface area contributed by atoms with Crippen LogP contribution in [0.15, 0.2) is 6.20 Å². The molecule has 0 aliphatic heterocycles. The molecule has 72 valence electrons. The Balaban J connectivity index is 2.80. The molecule has 13 heavy (non-hydrogen) atoms. The van der Waals surface area contributed by atoms with E-state index in [-0.39, 0.29) is 5.56 Å². The Morgan fingerprint density at radius 2 is 2.54 bits per heavy atom. The predicted octanol–water partition coefficient (Wildman–Crippen LogP) is 0.832. The van der Waals surface area contributed by atoms with E-state index in [2.05, 4.69) is 5.10 Å². The first-order chi connectivity index (χ1) is 6.16. The second kappa shape index (κ2) is 4.56. The van der Waals surface area contributed by atoms with Crippen LogP contribution in [0, 0.1) is 3.70 Å². The number of aromatic carboxylic acids is 1. The van der Waals surface area contributed by atoms with E-state index in [1.165, 1.54) is 6.20 Å². The molecule has 0 bridgehead atoms. The molecule has 1 N–H and O–H groups in total. The summed E-state index contributed by atoms with van der Waals surface area (Å²) in [6.07, 6.45) is 1.35. The number of carboxylic acid groups (broad SMARTS) is 1. The van der Waals surface area contributed by atoms with Crippen molar-refractivity contribution in [2.45, 2.75) is 6.54 Å². The van der Waals surface area contributed by atoms with Crippen molar-refractivity contribution in [2.24, 2.45) is 0 Å². The average molecular weight is 296 g/mol. The van der Waals surface area contributed by atoms with Crippen LogP contribution in [-0.4, -0.2) is 34.6 Å². The summed E-state index contributed by atoms with van der Waals surface area (Å²) in [5.74, 6) is -0.951. The maximum Gasteiger partial charge on any atom is 0.340 e. The normalized spacial score (nSPS) is 10.3. The number of hydrogen-bond acceptors (Lipinski definition) is 3. The minimum atomic E-state index is -0.951. The van der Waals surface area contributed by atoms with E-state index >= 15 is 0 Å². The third kappa shape index (κ3) is 2.41. The maximum absolute atomic E-state index is 10.6. The summed E-state index contributed by atoms with van der Waals surface area (Å²) < 4.78 is 7.09. The summed E-state index contributed by atoms with van der Waals surface area (Å²) in [6.45, 7) is 1.10. The van der Waals surface area contributed by atoms with E-state index < -0.39 is 5.97 Å². The van der Waals surface area contributed by atoms with E-state index in [4.69, 9.17) is 9.84 Å². The van der Waals surface area contributed by atoms with Crippen LogP contribution in [0.5, 0.6) is 0 Å². The van der Waals surface area contributed by atoms with Gasteiger partial charge in [-0.05, 0) is 22.6 Å². The highest BCUT2D eigenvalue weighted by atomic mass is 127. The van der Waals surface area contributed by atoms with Crippen LogP contribution >= 0.6 is 22.6 Å². The standard InChI is InChI=1S/C7H9IN2O3/c1-13-3-2-10-6(8)5(4-9-10)7(11)12/h4H,2-3H2,1H3,(H,11,12). The van der Waals surface area contributed by atoms with Crippen LogP contribution in [0.1, 0.15) is 10.4 Å². The van der Waals surface area contributed by atoms with E-state index in [9.17, 15) is 4.79 Å². The monoisotopic (exact) mass is 296 g/mol. The maximum atomic E-state index is 10.6. The minimum Gasteiger partial charge on any atom is -0.478 e. The van der Waals surface area contributed by atoms with Gasteiger partial charge in [-0.25, -0.2) is 4.79 Å². The lowest BCUT2D eigenvalue weighted by atomic mass is 10.4. The molecule has 0 fully saturated rings. The van der Waals surface area contributed by atoms with Gasteiger partial charge in [-0.15, -0.1) is 0 Å². The third-order valence-corrected chi connectivity index (χ3v) is 2.65. The summed E-state index contributed by atoms with van der Waals surface area (Å²) in [4.78, 5) is 10.6. The summed E-state index contributed by atoms with van der Waals surface area (Å²) in [5.41, 5.74) is 0.233. The van der Waals surface area contributed by atoms with Gasteiger partial charge in [-0.2, -0.15) is 5.10 Å². The van der Waals surface area contributed by atoms with Gasteiger partial charge in [0.25, 0.3) is 0 Å². The molecule has 1 heterocycles. The Morgan fingerprint density at radius 3 is 3.00 bits per heavy atom. The molecule has 0 aliphatic rings. The second-order valence-electron chi connectivity index (χ2n) is 2.37. The highest BCUT2D eigenvalue weighted by molar-refractivity contribution is 14.1. The van der Waals surface area contributed by atoms with Gasteiger partial charge in [0.2, 0.25) is 0 Å².